The third-order valence-electron chi connectivity index (χ3n) is 7.24. The minimum absolute atomic E-state index is 0.0395. The molecule has 0 amide bonds. The van der Waals surface area contributed by atoms with Gasteiger partial charge in [0.1, 0.15) is 0 Å². The van der Waals surface area contributed by atoms with Crippen LogP contribution in [-0.2, 0) is 13.1 Å². The van der Waals surface area contributed by atoms with Gasteiger partial charge in [-0.1, -0.05) is 138 Å². The molecular weight excluding hydrogens is 430 g/mol. The molecule has 2 N–H and O–H groups in total. The monoisotopic (exact) mass is 481 g/mol. The molecule has 0 aliphatic heterocycles. The molecule has 2 aromatic rings. The van der Waals surface area contributed by atoms with Crippen LogP contribution in [0.25, 0.3) is 0 Å². The van der Waals surface area contributed by atoms with Crippen LogP contribution in [0.1, 0.15) is 108 Å². The second-order valence-corrected chi connectivity index (χ2v) is 10.4. The summed E-state index contributed by atoms with van der Waals surface area (Å²) in [7, 11) is 0. The minimum Gasteiger partial charge on any atom is -0.393 e. The van der Waals surface area contributed by atoms with E-state index in [2.05, 4.69) is 67.3 Å². The highest BCUT2D eigenvalue weighted by Gasteiger charge is 2.24. The molecule has 0 radical (unpaired) electrons. The molecule has 2 aromatic carbocycles. The number of rotatable bonds is 20. The number of benzene rings is 2. The molecule has 35 heavy (non-hydrogen) atoms. The molecule has 0 aliphatic rings. The summed E-state index contributed by atoms with van der Waals surface area (Å²) in [5.41, 5.74) is 2.48. The van der Waals surface area contributed by atoms with Gasteiger partial charge in [-0.25, -0.2) is 0 Å². The van der Waals surface area contributed by atoms with Crippen LogP contribution in [0.5, 0.6) is 0 Å². The number of unbranched alkanes of at least 4 members (excludes halogenated alkanes) is 10. The normalized spacial score (nSPS) is 14.2. The van der Waals surface area contributed by atoms with Crippen molar-refractivity contribution in [2.24, 2.45) is 0 Å². The molecule has 3 nitrogen and oxygen atoms in total. The lowest BCUT2D eigenvalue weighted by Gasteiger charge is -2.33. The summed E-state index contributed by atoms with van der Waals surface area (Å²) in [5.74, 6) is 0. The Morgan fingerprint density at radius 3 is 1.51 bits per heavy atom. The molecule has 0 aliphatic carbocycles. The Morgan fingerprint density at radius 2 is 1.06 bits per heavy atom. The number of aliphatic hydroxyl groups is 2. The third kappa shape index (κ3) is 13.3. The van der Waals surface area contributed by atoms with Crippen molar-refractivity contribution in [1.82, 2.24) is 4.90 Å². The molecule has 0 spiro atoms. The second-order valence-electron chi connectivity index (χ2n) is 10.4. The Labute approximate surface area is 215 Å². The molecule has 196 valence electrons. The molecule has 0 saturated heterocycles. The van der Waals surface area contributed by atoms with Gasteiger partial charge in [0.25, 0.3) is 0 Å². The maximum absolute atomic E-state index is 11.0. The number of hydrogen-bond donors (Lipinski definition) is 2. The van der Waals surface area contributed by atoms with Gasteiger partial charge >= 0.3 is 0 Å². The number of aliphatic hydroxyl groups excluding tert-OH is 2. The zero-order valence-corrected chi connectivity index (χ0v) is 22.5. The van der Waals surface area contributed by atoms with Gasteiger partial charge in [0.15, 0.2) is 0 Å². The average molecular weight is 482 g/mol. The lowest BCUT2D eigenvalue weighted by atomic mass is 9.98. The first-order chi connectivity index (χ1) is 17.1. The van der Waals surface area contributed by atoms with E-state index in [0.29, 0.717) is 6.42 Å². The summed E-state index contributed by atoms with van der Waals surface area (Å²) >= 11 is 0. The van der Waals surface area contributed by atoms with E-state index in [1.807, 2.05) is 12.1 Å². The highest BCUT2D eigenvalue weighted by atomic mass is 16.3. The van der Waals surface area contributed by atoms with E-state index in [9.17, 15) is 10.2 Å². The van der Waals surface area contributed by atoms with Crippen LogP contribution < -0.4 is 0 Å². The van der Waals surface area contributed by atoms with E-state index in [1.165, 1.54) is 75.3 Å². The summed E-state index contributed by atoms with van der Waals surface area (Å²) in [6, 6.07) is 20.8. The van der Waals surface area contributed by atoms with Crippen molar-refractivity contribution < 1.29 is 10.2 Å². The predicted molar refractivity (Wildman–Crippen MR) is 149 cm³/mol. The summed E-state index contributed by atoms with van der Waals surface area (Å²) < 4.78 is 0. The lowest BCUT2D eigenvalue weighted by Crippen LogP contribution is -2.42. The topological polar surface area (TPSA) is 43.7 Å². The van der Waals surface area contributed by atoms with E-state index in [1.54, 1.807) is 0 Å². The molecule has 0 aromatic heterocycles. The van der Waals surface area contributed by atoms with Gasteiger partial charge in [0, 0.05) is 25.6 Å². The first kappa shape index (κ1) is 29.5. The van der Waals surface area contributed by atoms with Gasteiger partial charge in [-0.3, -0.25) is 4.90 Å². The Morgan fingerprint density at radius 1 is 0.629 bits per heavy atom. The Bertz CT molecular complexity index is 694. The van der Waals surface area contributed by atoms with Crippen LogP contribution >= 0.6 is 0 Å². The maximum Gasteiger partial charge on any atom is 0.0717 e. The maximum atomic E-state index is 11.0. The predicted octanol–water partition coefficient (Wildman–Crippen LogP) is 7.89. The van der Waals surface area contributed by atoms with Crippen molar-refractivity contribution >= 4 is 0 Å². The largest absolute Gasteiger partial charge is 0.393 e. The van der Waals surface area contributed by atoms with Crippen LogP contribution in [0, 0.1) is 0 Å². The van der Waals surface area contributed by atoms with Crippen LogP contribution in [0.3, 0.4) is 0 Å². The van der Waals surface area contributed by atoms with E-state index < -0.39 is 12.2 Å². The lowest BCUT2D eigenvalue weighted by molar-refractivity contribution is 0.00974. The third-order valence-corrected chi connectivity index (χ3v) is 7.24. The standard InChI is InChI=1S/C32H51NO2/c1-3-4-5-6-7-8-9-10-11-12-19-24-31(34)25-32(35)28(2)33(26-29-20-15-13-16-21-29)27-30-22-17-14-18-23-30/h13-18,20-23,28,31-32,34-35H,3-12,19,24-27H2,1-2H3/t28-,31+,32-/m0/s1. The molecule has 0 bridgehead atoms. The van der Waals surface area contributed by atoms with Crippen molar-refractivity contribution in [2.75, 3.05) is 0 Å². The zero-order chi connectivity index (χ0) is 25.1. The average Bonchev–Trinajstić information content (AvgIpc) is 2.87. The van der Waals surface area contributed by atoms with Crippen LogP contribution in [0.4, 0.5) is 0 Å². The first-order valence-electron chi connectivity index (χ1n) is 14.3. The van der Waals surface area contributed by atoms with E-state index in [0.717, 1.165) is 25.9 Å². The summed E-state index contributed by atoms with van der Waals surface area (Å²) in [6.45, 7) is 5.92. The van der Waals surface area contributed by atoms with Crippen LogP contribution in [-0.4, -0.2) is 33.4 Å². The van der Waals surface area contributed by atoms with Crippen molar-refractivity contribution in [3.8, 4) is 0 Å². The van der Waals surface area contributed by atoms with Gasteiger partial charge in [-0.15, -0.1) is 0 Å². The van der Waals surface area contributed by atoms with Crippen molar-refractivity contribution in [1.29, 1.82) is 0 Å². The van der Waals surface area contributed by atoms with Gasteiger partial charge in [-0.2, -0.15) is 0 Å². The first-order valence-corrected chi connectivity index (χ1v) is 14.3. The van der Waals surface area contributed by atoms with Crippen LogP contribution in [0.15, 0.2) is 60.7 Å². The Hall–Kier alpha value is -1.68. The van der Waals surface area contributed by atoms with Crippen molar-refractivity contribution in [3.05, 3.63) is 71.8 Å². The number of hydrogen-bond acceptors (Lipinski definition) is 3. The second kappa shape index (κ2) is 18.6. The number of nitrogens with zero attached hydrogens (tertiary/aromatic N) is 1. The Kier molecular flexibility index (Phi) is 15.7. The minimum atomic E-state index is -0.551. The smallest absolute Gasteiger partial charge is 0.0717 e. The highest BCUT2D eigenvalue weighted by molar-refractivity contribution is 5.17. The summed E-state index contributed by atoms with van der Waals surface area (Å²) in [4.78, 5) is 2.32. The molecule has 0 unspecified atom stereocenters. The van der Waals surface area contributed by atoms with Crippen LogP contribution in [0.2, 0.25) is 0 Å². The van der Waals surface area contributed by atoms with E-state index in [4.69, 9.17) is 0 Å². The summed E-state index contributed by atoms with van der Waals surface area (Å²) in [6.07, 6.45) is 14.7. The van der Waals surface area contributed by atoms with Gasteiger partial charge in [-0.05, 0) is 24.5 Å². The highest BCUT2D eigenvalue weighted by Crippen LogP contribution is 2.20. The molecule has 0 heterocycles. The molecule has 0 fully saturated rings. The summed E-state index contributed by atoms with van der Waals surface area (Å²) in [5, 5.41) is 21.6. The fourth-order valence-electron chi connectivity index (χ4n) is 4.86. The SMILES string of the molecule is CCCCCCCCCCCCC[C@@H](O)C[C@H](O)[C@H](C)N(Cc1ccccc1)Cc1ccccc1. The zero-order valence-electron chi connectivity index (χ0n) is 22.5. The molecule has 2 rings (SSSR count). The van der Waals surface area contributed by atoms with Crippen molar-refractivity contribution in [3.63, 3.8) is 0 Å². The quantitative estimate of drug-likeness (QED) is 0.189. The Balaban J connectivity index is 1.69. The van der Waals surface area contributed by atoms with Gasteiger partial charge in [0.05, 0.1) is 12.2 Å². The van der Waals surface area contributed by atoms with E-state index in [-0.39, 0.29) is 6.04 Å². The molecular formula is C32H51NO2. The van der Waals surface area contributed by atoms with E-state index >= 15 is 0 Å². The van der Waals surface area contributed by atoms with Gasteiger partial charge < -0.3 is 10.2 Å². The van der Waals surface area contributed by atoms with Gasteiger partial charge in [0.2, 0.25) is 0 Å². The van der Waals surface area contributed by atoms with Crippen molar-refractivity contribution in [2.45, 2.75) is 129 Å². The molecule has 3 heteroatoms. The molecule has 0 saturated carbocycles. The fraction of sp³-hybridized carbons (Fsp3) is 0.625. The molecule has 3 atom stereocenters. The fourth-order valence-corrected chi connectivity index (χ4v) is 4.86.